The number of anilines is 1. The van der Waals surface area contributed by atoms with Crippen molar-refractivity contribution >= 4 is 15.9 Å². The molecule has 6 nitrogen and oxygen atoms in total. The van der Waals surface area contributed by atoms with Gasteiger partial charge in [-0.25, -0.2) is 0 Å². The highest BCUT2D eigenvalue weighted by Gasteiger charge is 2.32. The summed E-state index contributed by atoms with van der Waals surface area (Å²) in [5, 5.41) is 9.14. The summed E-state index contributed by atoms with van der Waals surface area (Å²) in [6.45, 7) is 0.996. The fourth-order valence-corrected chi connectivity index (χ4v) is 3.93. The van der Waals surface area contributed by atoms with Gasteiger partial charge >= 0.3 is 10.2 Å². The van der Waals surface area contributed by atoms with Gasteiger partial charge in [-0.15, -0.1) is 0 Å². The Morgan fingerprint density at radius 1 is 1.33 bits per heavy atom. The quantitative estimate of drug-likeness (QED) is 0.883. The molecule has 1 N–H and O–H groups in total. The number of benzene rings is 1. The second-order valence-corrected chi connectivity index (χ2v) is 7.13. The van der Waals surface area contributed by atoms with Crippen molar-refractivity contribution in [1.29, 1.82) is 0 Å². The third-order valence-corrected chi connectivity index (χ3v) is 5.84. The lowest BCUT2D eigenvalue weighted by molar-refractivity contribution is 0.170. The van der Waals surface area contributed by atoms with E-state index >= 15 is 0 Å². The molecular weight excluding hydrogens is 292 g/mol. The molecule has 1 heterocycles. The fraction of sp³-hybridized carbons (Fsp3) is 0.571. The smallest absolute Gasteiger partial charge is 0.303 e. The molecule has 21 heavy (non-hydrogen) atoms. The van der Waals surface area contributed by atoms with Crippen LogP contribution in [-0.4, -0.2) is 51.7 Å². The topological polar surface area (TPSA) is 70.1 Å². The molecule has 7 heteroatoms. The Labute approximate surface area is 126 Å². The third-order valence-electron chi connectivity index (χ3n) is 3.93. The van der Waals surface area contributed by atoms with Gasteiger partial charge in [-0.1, -0.05) is 12.1 Å². The largest absolute Gasteiger partial charge is 0.495 e. The molecule has 118 valence electrons. The Hall–Kier alpha value is -1.31. The van der Waals surface area contributed by atoms with Gasteiger partial charge in [-0.3, -0.25) is 4.31 Å². The summed E-state index contributed by atoms with van der Waals surface area (Å²) in [6.07, 6.45) is 1.38. The Bertz CT molecular complexity index is 568. The zero-order valence-electron chi connectivity index (χ0n) is 12.4. The first kappa shape index (κ1) is 16.1. The van der Waals surface area contributed by atoms with Crippen molar-refractivity contribution in [2.24, 2.45) is 5.92 Å². The molecule has 1 aliphatic heterocycles. The van der Waals surface area contributed by atoms with Crippen LogP contribution >= 0.6 is 0 Å². The van der Waals surface area contributed by atoms with Crippen molar-refractivity contribution in [3.8, 4) is 5.75 Å². The van der Waals surface area contributed by atoms with Gasteiger partial charge in [-0.2, -0.15) is 12.7 Å². The summed E-state index contributed by atoms with van der Waals surface area (Å²) < 4.78 is 33.3. The van der Waals surface area contributed by atoms with Crippen molar-refractivity contribution in [1.82, 2.24) is 4.31 Å². The molecule has 0 amide bonds. The Morgan fingerprint density at radius 3 is 2.52 bits per heavy atom. The van der Waals surface area contributed by atoms with Gasteiger partial charge < -0.3 is 9.84 Å². The van der Waals surface area contributed by atoms with Crippen molar-refractivity contribution in [2.45, 2.75) is 12.8 Å². The number of aliphatic hydroxyl groups is 1. The third kappa shape index (κ3) is 3.30. The molecule has 0 unspecified atom stereocenters. The molecule has 1 saturated heterocycles. The molecule has 1 aromatic rings. The highest BCUT2D eigenvalue weighted by molar-refractivity contribution is 7.90. The van der Waals surface area contributed by atoms with Crippen LogP contribution < -0.4 is 9.04 Å². The van der Waals surface area contributed by atoms with Crippen molar-refractivity contribution in [3.05, 3.63) is 24.3 Å². The van der Waals surface area contributed by atoms with Gasteiger partial charge in [0.05, 0.1) is 12.8 Å². The van der Waals surface area contributed by atoms with Crippen LogP contribution in [-0.2, 0) is 10.2 Å². The van der Waals surface area contributed by atoms with E-state index < -0.39 is 10.2 Å². The number of nitrogens with zero attached hydrogens (tertiary/aromatic N) is 2. The minimum absolute atomic E-state index is 0.121. The van der Waals surface area contributed by atoms with E-state index in [0.29, 0.717) is 37.4 Å². The van der Waals surface area contributed by atoms with Gasteiger partial charge in [0.2, 0.25) is 0 Å². The van der Waals surface area contributed by atoms with Gasteiger partial charge in [0.25, 0.3) is 0 Å². The van der Waals surface area contributed by atoms with Gasteiger partial charge in [-0.05, 0) is 30.9 Å². The Balaban J connectivity index is 2.19. The first-order valence-corrected chi connectivity index (χ1v) is 8.38. The van der Waals surface area contributed by atoms with Gasteiger partial charge in [0.15, 0.2) is 0 Å². The number of hydrogen-bond donors (Lipinski definition) is 1. The van der Waals surface area contributed by atoms with Crippen molar-refractivity contribution < 1.29 is 18.3 Å². The molecule has 1 fully saturated rings. The maximum absolute atomic E-state index is 12.7. The molecule has 1 aromatic carbocycles. The van der Waals surface area contributed by atoms with E-state index in [0.717, 1.165) is 0 Å². The van der Waals surface area contributed by atoms with Crippen LogP contribution in [0.2, 0.25) is 0 Å². The average molecular weight is 314 g/mol. The summed E-state index contributed by atoms with van der Waals surface area (Å²) in [4.78, 5) is 0. The average Bonchev–Trinajstić information content (AvgIpc) is 2.54. The molecule has 0 aliphatic carbocycles. The van der Waals surface area contributed by atoms with Gasteiger partial charge in [0, 0.05) is 26.7 Å². The van der Waals surface area contributed by atoms with E-state index in [9.17, 15) is 8.42 Å². The SMILES string of the molecule is COc1ccccc1N(C)S(=O)(=O)N1CCC(CO)CC1. The molecule has 0 radical (unpaired) electrons. The second kappa shape index (κ2) is 6.64. The van der Waals surface area contributed by atoms with Crippen LogP contribution in [0.3, 0.4) is 0 Å². The lowest BCUT2D eigenvalue weighted by Crippen LogP contribution is -2.46. The number of piperidine rings is 1. The molecular formula is C14H22N2O4S. The molecule has 0 aromatic heterocycles. The van der Waals surface area contributed by atoms with Crippen LogP contribution in [0.5, 0.6) is 5.75 Å². The Morgan fingerprint density at radius 2 is 1.95 bits per heavy atom. The van der Waals surface area contributed by atoms with Crippen LogP contribution in [0, 0.1) is 5.92 Å². The molecule has 1 aliphatic rings. The number of hydrogen-bond acceptors (Lipinski definition) is 4. The zero-order valence-corrected chi connectivity index (χ0v) is 13.2. The van der Waals surface area contributed by atoms with Crippen LogP contribution in [0.25, 0.3) is 0 Å². The summed E-state index contributed by atoms with van der Waals surface area (Å²) >= 11 is 0. The van der Waals surface area contributed by atoms with Crippen LogP contribution in [0.15, 0.2) is 24.3 Å². The van der Waals surface area contributed by atoms with Crippen LogP contribution in [0.4, 0.5) is 5.69 Å². The minimum atomic E-state index is -3.57. The highest BCUT2D eigenvalue weighted by Crippen LogP contribution is 2.30. The summed E-state index contributed by atoms with van der Waals surface area (Å²) in [5.74, 6) is 0.724. The predicted octanol–water partition coefficient (Wildman–Crippen LogP) is 1.08. The lowest BCUT2D eigenvalue weighted by atomic mass is 10.00. The number of aliphatic hydroxyl groups excluding tert-OH is 1. The van der Waals surface area contributed by atoms with E-state index in [-0.39, 0.29) is 12.5 Å². The predicted molar refractivity (Wildman–Crippen MR) is 81.7 cm³/mol. The standard InChI is InChI=1S/C14H22N2O4S/c1-15(13-5-3-4-6-14(13)20-2)21(18,19)16-9-7-12(11-17)8-10-16/h3-6,12,17H,7-11H2,1-2H3. The molecule has 0 atom stereocenters. The lowest BCUT2D eigenvalue weighted by Gasteiger charge is -2.34. The van der Waals surface area contributed by atoms with E-state index in [2.05, 4.69) is 0 Å². The number of para-hydroxylation sites is 2. The van der Waals surface area contributed by atoms with Crippen molar-refractivity contribution in [2.75, 3.05) is 38.2 Å². The summed E-state index contributed by atoms with van der Waals surface area (Å²) in [7, 11) is -0.521. The first-order chi connectivity index (χ1) is 10.0. The molecule has 2 rings (SSSR count). The zero-order chi connectivity index (χ0) is 15.5. The highest BCUT2D eigenvalue weighted by atomic mass is 32.2. The van der Waals surface area contributed by atoms with E-state index in [1.165, 1.54) is 22.8 Å². The molecule has 0 spiro atoms. The van der Waals surface area contributed by atoms with E-state index in [4.69, 9.17) is 9.84 Å². The monoisotopic (exact) mass is 314 g/mol. The molecule has 0 bridgehead atoms. The Kier molecular flexibility index (Phi) is 5.08. The fourth-order valence-electron chi connectivity index (χ4n) is 2.51. The summed E-state index contributed by atoms with van der Waals surface area (Å²) in [5.41, 5.74) is 0.518. The molecule has 0 saturated carbocycles. The summed E-state index contributed by atoms with van der Waals surface area (Å²) in [6, 6.07) is 7.04. The number of ether oxygens (including phenoxy) is 1. The number of rotatable bonds is 5. The van der Waals surface area contributed by atoms with Crippen molar-refractivity contribution in [3.63, 3.8) is 0 Å². The normalized spacial score (nSPS) is 17.7. The van der Waals surface area contributed by atoms with E-state index in [1.54, 1.807) is 24.3 Å². The minimum Gasteiger partial charge on any atom is -0.495 e. The van der Waals surface area contributed by atoms with E-state index in [1.807, 2.05) is 0 Å². The van der Waals surface area contributed by atoms with Gasteiger partial charge in [0.1, 0.15) is 5.75 Å². The number of methoxy groups -OCH3 is 1. The maximum Gasteiger partial charge on any atom is 0.303 e. The van der Waals surface area contributed by atoms with Crippen LogP contribution in [0.1, 0.15) is 12.8 Å². The maximum atomic E-state index is 12.7. The second-order valence-electron chi connectivity index (χ2n) is 5.17. The first-order valence-electron chi connectivity index (χ1n) is 6.98.